The SMILES string of the molecule is CN1CCC(c2cc(-c3ccc(F)cc3F)c3ccnc(-c4c(Cl)cccc4Cl)c3n2)CC1. The van der Waals surface area contributed by atoms with E-state index in [1.54, 1.807) is 30.5 Å². The highest BCUT2D eigenvalue weighted by Gasteiger charge is 2.24. The summed E-state index contributed by atoms with van der Waals surface area (Å²) in [4.78, 5) is 11.9. The zero-order valence-corrected chi connectivity index (χ0v) is 19.5. The summed E-state index contributed by atoms with van der Waals surface area (Å²) < 4.78 is 28.6. The van der Waals surface area contributed by atoms with Gasteiger partial charge in [-0.15, -0.1) is 0 Å². The van der Waals surface area contributed by atoms with E-state index in [1.165, 1.54) is 12.1 Å². The molecule has 4 aromatic rings. The van der Waals surface area contributed by atoms with Gasteiger partial charge in [0, 0.05) is 40.4 Å². The van der Waals surface area contributed by atoms with E-state index in [0.717, 1.165) is 37.7 Å². The lowest BCUT2D eigenvalue weighted by molar-refractivity contribution is 0.253. The van der Waals surface area contributed by atoms with Crippen LogP contribution >= 0.6 is 23.2 Å². The van der Waals surface area contributed by atoms with E-state index in [1.807, 2.05) is 6.07 Å². The monoisotopic (exact) mass is 483 g/mol. The van der Waals surface area contributed by atoms with Crippen molar-refractivity contribution in [1.29, 1.82) is 0 Å². The number of hydrogen-bond donors (Lipinski definition) is 0. The second kappa shape index (κ2) is 8.98. The average Bonchev–Trinajstić information content (AvgIpc) is 2.79. The smallest absolute Gasteiger partial charge is 0.133 e. The first-order valence-electron chi connectivity index (χ1n) is 10.8. The third-order valence-electron chi connectivity index (χ3n) is 6.31. The Morgan fingerprint density at radius 1 is 0.939 bits per heavy atom. The molecule has 0 atom stereocenters. The molecule has 33 heavy (non-hydrogen) atoms. The fraction of sp³-hybridized carbons (Fsp3) is 0.231. The molecule has 1 fully saturated rings. The quantitative estimate of drug-likeness (QED) is 0.304. The van der Waals surface area contributed by atoms with Crippen molar-refractivity contribution in [2.75, 3.05) is 20.1 Å². The molecule has 0 aliphatic carbocycles. The standard InChI is InChI=1S/C26H21Cl2F2N3/c1-33-11-8-15(9-12-33)23-14-19(17-6-5-16(29)13-22(17)30)18-7-10-31-26(25(18)32-23)24-20(27)3-2-4-21(24)28/h2-7,10,13-15H,8-9,11-12H2,1H3. The van der Waals surface area contributed by atoms with Crippen molar-refractivity contribution in [2.45, 2.75) is 18.8 Å². The summed E-state index contributed by atoms with van der Waals surface area (Å²) in [6.07, 6.45) is 3.53. The van der Waals surface area contributed by atoms with Gasteiger partial charge < -0.3 is 4.90 Å². The van der Waals surface area contributed by atoms with Crippen molar-refractivity contribution < 1.29 is 8.78 Å². The molecule has 5 rings (SSSR count). The number of aromatic nitrogens is 2. The first-order valence-corrected chi connectivity index (χ1v) is 11.6. The maximum Gasteiger partial charge on any atom is 0.133 e. The minimum Gasteiger partial charge on any atom is -0.306 e. The van der Waals surface area contributed by atoms with Gasteiger partial charge in [-0.05, 0) is 74.9 Å². The molecule has 3 nitrogen and oxygen atoms in total. The third kappa shape index (κ3) is 4.21. The number of halogens is 4. The van der Waals surface area contributed by atoms with Crippen LogP contribution in [0.5, 0.6) is 0 Å². The van der Waals surface area contributed by atoms with Gasteiger partial charge in [0.2, 0.25) is 0 Å². The number of hydrogen-bond acceptors (Lipinski definition) is 3. The molecular weight excluding hydrogens is 463 g/mol. The predicted molar refractivity (Wildman–Crippen MR) is 130 cm³/mol. The van der Waals surface area contributed by atoms with Gasteiger partial charge in [0.1, 0.15) is 11.6 Å². The summed E-state index contributed by atoms with van der Waals surface area (Å²) in [6, 6.07) is 12.7. The van der Waals surface area contributed by atoms with Crippen molar-refractivity contribution in [3.8, 4) is 22.4 Å². The average molecular weight is 484 g/mol. The summed E-state index contributed by atoms with van der Waals surface area (Å²) in [7, 11) is 2.10. The largest absolute Gasteiger partial charge is 0.306 e. The van der Waals surface area contributed by atoms with Gasteiger partial charge in [0.05, 0.1) is 21.3 Å². The molecule has 2 aromatic heterocycles. The lowest BCUT2D eigenvalue weighted by Gasteiger charge is -2.29. The van der Waals surface area contributed by atoms with Gasteiger partial charge in [0.25, 0.3) is 0 Å². The molecule has 2 aromatic carbocycles. The third-order valence-corrected chi connectivity index (χ3v) is 6.94. The fourth-order valence-electron chi connectivity index (χ4n) is 4.52. The minimum absolute atomic E-state index is 0.225. The second-order valence-electron chi connectivity index (χ2n) is 8.45. The summed E-state index contributed by atoms with van der Waals surface area (Å²) >= 11 is 13.0. The van der Waals surface area contributed by atoms with E-state index in [9.17, 15) is 8.78 Å². The molecular formula is C26H21Cl2F2N3. The van der Waals surface area contributed by atoms with E-state index < -0.39 is 11.6 Å². The molecule has 3 heterocycles. The molecule has 0 unspecified atom stereocenters. The Labute approximate surface area is 201 Å². The van der Waals surface area contributed by atoms with Gasteiger partial charge in [-0.1, -0.05) is 29.3 Å². The topological polar surface area (TPSA) is 29.0 Å². The maximum absolute atomic E-state index is 14.9. The van der Waals surface area contributed by atoms with Crippen LogP contribution in [0.1, 0.15) is 24.5 Å². The highest BCUT2D eigenvalue weighted by atomic mass is 35.5. The van der Waals surface area contributed by atoms with Gasteiger partial charge in [-0.25, -0.2) is 8.78 Å². The Balaban J connectivity index is 1.80. The van der Waals surface area contributed by atoms with Crippen LogP contribution in [0.15, 0.2) is 54.7 Å². The van der Waals surface area contributed by atoms with E-state index in [0.29, 0.717) is 43.3 Å². The van der Waals surface area contributed by atoms with Crippen molar-refractivity contribution in [2.24, 2.45) is 0 Å². The first-order chi connectivity index (χ1) is 15.9. The number of benzene rings is 2. The molecule has 1 aliphatic heterocycles. The molecule has 7 heteroatoms. The highest BCUT2D eigenvalue weighted by Crippen LogP contribution is 2.41. The zero-order valence-electron chi connectivity index (χ0n) is 18.0. The van der Waals surface area contributed by atoms with E-state index in [2.05, 4.69) is 16.9 Å². The highest BCUT2D eigenvalue weighted by molar-refractivity contribution is 6.39. The summed E-state index contributed by atoms with van der Waals surface area (Å²) in [5.74, 6) is -1.01. The molecule has 0 amide bonds. The maximum atomic E-state index is 14.9. The second-order valence-corrected chi connectivity index (χ2v) is 9.26. The Hall–Kier alpha value is -2.60. The van der Waals surface area contributed by atoms with E-state index >= 15 is 0 Å². The molecule has 0 bridgehead atoms. The van der Waals surface area contributed by atoms with Crippen LogP contribution in [0, 0.1) is 11.6 Å². The van der Waals surface area contributed by atoms with Gasteiger partial charge in [-0.3, -0.25) is 9.97 Å². The van der Waals surface area contributed by atoms with Crippen molar-refractivity contribution in [3.05, 3.63) is 82.1 Å². The zero-order chi connectivity index (χ0) is 23.1. The lowest BCUT2D eigenvalue weighted by Crippen LogP contribution is -2.29. The summed E-state index contributed by atoms with van der Waals surface area (Å²) in [6.45, 7) is 1.92. The Morgan fingerprint density at radius 2 is 1.67 bits per heavy atom. The molecule has 1 saturated heterocycles. The normalized spacial score (nSPS) is 15.3. The Morgan fingerprint density at radius 3 is 2.36 bits per heavy atom. The molecule has 0 spiro atoms. The van der Waals surface area contributed by atoms with E-state index in [4.69, 9.17) is 28.2 Å². The number of likely N-dealkylation sites (tertiary alicyclic amines) is 1. The first kappa shape index (κ1) is 22.2. The van der Waals surface area contributed by atoms with Crippen LogP contribution in [0.4, 0.5) is 8.78 Å². The van der Waals surface area contributed by atoms with Crippen LogP contribution in [-0.4, -0.2) is 35.0 Å². The van der Waals surface area contributed by atoms with Crippen LogP contribution < -0.4 is 0 Å². The van der Waals surface area contributed by atoms with Crippen molar-refractivity contribution >= 4 is 34.1 Å². The molecule has 0 saturated carbocycles. The van der Waals surface area contributed by atoms with Crippen LogP contribution in [0.3, 0.4) is 0 Å². The number of piperidine rings is 1. The Bertz CT molecular complexity index is 1330. The van der Waals surface area contributed by atoms with Crippen LogP contribution in [0.2, 0.25) is 10.0 Å². The van der Waals surface area contributed by atoms with Gasteiger partial charge in [0.15, 0.2) is 0 Å². The summed E-state index contributed by atoms with van der Waals surface area (Å²) in [5.41, 5.74) is 3.57. The fourth-order valence-corrected chi connectivity index (χ4v) is 5.10. The van der Waals surface area contributed by atoms with Gasteiger partial charge in [-0.2, -0.15) is 0 Å². The Kier molecular flexibility index (Phi) is 6.04. The predicted octanol–water partition coefficient (Wildman–Crippen LogP) is 7.36. The molecule has 1 aliphatic rings. The summed E-state index contributed by atoms with van der Waals surface area (Å²) in [5, 5.41) is 1.63. The van der Waals surface area contributed by atoms with E-state index in [-0.39, 0.29) is 5.92 Å². The van der Waals surface area contributed by atoms with Crippen LogP contribution in [0.25, 0.3) is 33.3 Å². The minimum atomic E-state index is -0.619. The number of fused-ring (bicyclic) bond motifs is 1. The van der Waals surface area contributed by atoms with Crippen molar-refractivity contribution in [1.82, 2.24) is 14.9 Å². The lowest BCUT2D eigenvalue weighted by atomic mass is 9.90. The van der Waals surface area contributed by atoms with Crippen LogP contribution in [-0.2, 0) is 0 Å². The molecule has 168 valence electrons. The van der Waals surface area contributed by atoms with Crippen molar-refractivity contribution in [3.63, 3.8) is 0 Å². The number of pyridine rings is 2. The molecule has 0 N–H and O–H groups in total. The molecule has 0 radical (unpaired) electrons. The number of rotatable bonds is 3. The van der Waals surface area contributed by atoms with Gasteiger partial charge >= 0.3 is 0 Å². The number of nitrogens with zero attached hydrogens (tertiary/aromatic N) is 3.